The lowest BCUT2D eigenvalue weighted by molar-refractivity contribution is 0.516. The Morgan fingerprint density at radius 1 is 1.54 bits per heavy atom. The molecule has 0 spiro atoms. The topological polar surface area (TPSA) is 38.9 Å². The van der Waals surface area contributed by atoms with E-state index in [0.717, 1.165) is 17.5 Å². The number of nitrogens with zero attached hydrogens (tertiary/aromatic N) is 1. The third-order valence-electron chi connectivity index (χ3n) is 1.73. The average Bonchev–Trinajstić information content (AvgIpc) is 1.94. The Labute approximate surface area is 84.1 Å². The van der Waals surface area contributed by atoms with Gasteiger partial charge in [-0.1, -0.05) is 17.7 Å². The quantitative estimate of drug-likeness (QED) is 0.741. The zero-order chi connectivity index (χ0) is 10.1. The molecular weight excluding hydrogens is 184 g/mol. The summed E-state index contributed by atoms with van der Waals surface area (Å²) in [5.41, 5.74) is 7.84. The minimum atomic E-state index is -0.193. The number of aromatic nitrogens is 1. The monoisotopic (exact) mass is 198 g/mol. The van der Waals surface area contributed by atoms with E-state index in [0.29, 0.717) is 5.15 Å². The first kappa shape index (κ1) is 10.5. The van der Waals surface area contributed by atoms with E-state index >= 15 is 0 Å². The van der Waals surface area contributed by atoms with E-state index in [2.05, 4.69) is 4.98 Å². The summed E-state index contributed by atoms with van der Waals surface area (Å²) in [5.74, 6) is 0. The number of hydrogen-bond donors (Lipinski definition) is 1. The van der Waals surface area contributed by atoms with Gasteiger partial charge < -0.3 is 5.73 Å². The molecule has 0 aliphatic heterocycles. The number of hydrogen-bond acceptors (Lipinski definition) is 2. The molecule has 13 heavy (non-hydrogen) atoms. The van der Waals surface area contributed by atoms with Crippen LogP contribution in [0.25, 0.3) is 0 Å². The highest BCUT2D eigenvalue weighted by Crippen LogP contribution is 2.15. The van der Waals surface area contributed by atoms with Crippen LogP contribution in [0.4, 0.5) is 0 Å². The van der Waals surface area contributed by atoms with Crippen LogP contribution in [0, 0.1) is 6.92 Å². The maximum atomic E-state index is 5.89. The van der Waals surface area contributed by atoms with Crippen LogP contribution in [-0.4, -0.2) is 10.5 Å². The molecule has 3 heteroatoms. The molecule has 0 bridgehead atoms. The van der Waals surface area contributed by atoms with Crippen LogP contribution >= 0.6 is 11.6 Å². The van der Waals surface area contributed by atoms with E-state index in [9.17, 15) is 0 Å². The molecule has 2 N–H and O–H groups in total. The average molecular weight is 199 g/mol. The highest BCUT2D eigenvalue weighted by Gasteiger charge is 2.12. The van der Waals surface area contributed by atoms with Crippen molar-refractivity contribution in [1.29, 1.82) is 0 Å². The summed E-state index contributed by atoms with van der Waals surface area (Å²) in [5, 5.41) is 0.568. The fourth-order valence-corrected chi connectivity index (χ4v) is 1.34. The van der Waals surface area contributed by atoms with Crippen LogP contribution in [0.15, 0.2) is 12.3 Å². The van der Waals surface area contributed by atoms with Gasteiger partial charge in [0.1, 0.15) is 5.15 Å². The molecule has 1 aromatic rings. The molecule has 0 fully saturated rings. The van der Waals surface area contributed by atoms with Crippen LogP contribution in [0.3, 0.4) is 0 Å². The SMILES string of the molecule is Cc1cc(CC(C)(C)N)cnc1Cl. The van der Waals surface area contributed by atoms with Crippen LogP contribution in [0.2, 0.25) is 5.15 Å². The van der Waals surface area contributed by atoms with Gasteiger partial charge in [0.25, 0.3) is 0 Å². The third-order valence-corrected chi connectivity index (χ3v) is 2.13. The van der Waals surface area contributed by atoms with Gasteiger partial charge in [-0.15, -0.1) is 0 Å². The van der Waals surface area contributed by atoms with E-state index in [1.165, 1.54) is 0 Å². The van der Waals surface area contributed by atoms with Crippen LogP contribution in [0.1, 0.15) is 25.0 Å². The number of nitrogens with two attached hydrogens (primary N) is 1. The van der Waals surface area contributed by atoms with E-state index in [1.807, 2.05) is 26.8 Å². The highest BCUT2D eigenvalue weighted by atomic mass is 35.5. The first-order valence-corrected chi connectivity index (χ1v) is 4.66. The Bertz CT molecular complexity index is 302. The molecule has 0 saturated heterocycles. The Balaban J connectivity index is 2.86. The van der Waals surface area contributed by atoms with Gasteiger partial charge in [0, 0.05) is 11.7 Å². The maximum Gasteiger partial charge on any atom is 0.131 e. The normalized spacial score (nSPS) is 11.8. The zero-order valence-electron chi connectivity index (χ0n) is 8.26. The summed E-state index contributed by atoms with van der Waals surface area (Å²) in [7, 11) is 0. The van der Waals surface area contributed by atoms with E-state index in [4.69, 9.17) is 17.3 Å². The summed E-state index contributed by atoms with van der Waals surface area (Å²) in [6.45, 7) is 5.94. The molecule has 0 radical (unpaired) electrons. The lowest BCUT2D eigenvalue weighted by Gasteiger charge is -2.18. The Hall–Kier alpha value is -0.600. The minimum Gasteiger partial charge on any atom is -0.325 e. The largest absolute Gasteiger partial charge is 0.325 e. The Morgan fingerprint density at radius 3 is 2.62 bits per heavy atom. The zero-order valence-corrected chi connectivity index (χ0v) is 9.02. The maximum absolute atomic E-state index is 5.89. The molecule has 2 nitrogen and oxygen atoms in total. The predicted octanol–water partition coefficient (Wildman–Crippen LogP) is 2.32. The molecule has 72 valence electrons. The Kier molecular flexibility index (Phi) is 2.94. The van der Waals surface area contributed by atoms with Gasteiger partial charge >= 0.3 is 0 Å². The molecule has 0 atom stereocenters. The smallest absolute Gasteiger partial charge is 0.131 e. The van der Waals surface area contributed by atoms with Crippen LogP contribution in [0.5, 0.6) is 0 Å². The first-order chi connectivity index (χ1) is 5.88. The molecule has 0 aromatic carbocycles. The molecule has 0 unspecified atom stereocenters. The number of halogens is 1. The number of rotatable bonds is 2. The molecule has 1 rings (SSSR count). The summed E-state index contributed by atoms with van der Waals surface area (Å²) < 4.78 is 0. The molecule has 0 aliphatic rings. The summed E-state index contributed by atoms with van der Waals surface area (Å²) in [4.78, 5) is 4.07. The second-order valence-corrected chi connectivity index (χ2v) is 4.47. The van der Waals surface area contributed by atoms with Gasteiger partial charge in [0.15, 0.2) is 0 Å². The summed E-state index contributed by atoms with van der Waals surface area (Å²) in [6.07, 6.45) is 2.60. The van der Waals surface area contributed by atoms with Crippen molar-refractivity contribution in [2.24, 2.45) is 5.73 Å². The fourth-order valence-electron chi connectivity index (χ4n) is 1.24. The molecule has 0 saturated carbocycles. The minimum absolute atomic E-state index is 0.193. The number of pyridine rings is 1. The molecule has 1 aromatic heterocycles. The van der Waals surface area contributed by atoms with Crippen molar-refractivity contribution in [1.82, 2.24) is 4.98 Å². The summed E-state index contributed by atoms with van der Waals surface area (Å²) in [6, 6.07) is 2.03. The van der Waals surface area contributed by atoms with Gasteiger partial charge in [-0.05, 0) is 38.3 Å². The standard InChI is InChI=1S/C10H15ClN2/c1-7-4-8(5-10(2,3)12)6-13-9(7)11/h4,6H,5,12H2,1-3H3. The lowest BCUT2D eigenvalue weighted by Crippen LogP contribution is -2.34. The van der Waals surface area contributed by atoms with E-state index < -0.39 is 0 Å². The van der Waals surface area contributed by atoms with Gasteiger partial charge in [-0.25, -0.2) is 4.98 Å². The van der Waals surface area contributed by atoms with Gasteiger partial charge in [-0.3, -0.25) is 0 Å². The third kappa shape index (κ3) is 3.33. The van der Waals surface area contributed by atoms with Gasteiger partial charge in [0.2, 0.25) is 0 Å². The van der Waals surface area contributed by atoms with Gasteiger partial charge in [-0.2, -0.15) is 0 Å². The van der Waals surface area contributed by atoms with Crippen molar-refractivity contribution in [3.05, 3.63) is 28.5 Å². The molecule has 0 aliphatic carbocycles. The number of aryl methyl sites for hydroxylation is 1. The van der Waals surface area contributed by atoms with Crippen molar-refractivity contribution in [2.45, 2.75) is 32.7 Å². The van der Waals surface area contributed by atoms with Crippen molar-refractivity contribution in [3.63, 3.8) is 0 Å². The van der Waals surface area contributed by atoms with E-state index in [-0.39, 0.29) is 5.54 Å². The van der Waals surface area contributed by atoms with Crippen molar-refractivity contribution < 1.29 is 0 Å². The van der Waals surface area contributed by atoms with Crippen molar-refractivity contribution in [2.75, 3.05) is 0 Å². The second kappa shape index (κ2) is 3.64. The Morgan fingerprint density at radius 2 is 2.15 bits per heavy atom. The van der Waals surface area contributed by atoms with E-state index in [1.54, 1.807) is 6.20 Å². The lowest BCUT2D eigenvalue weighted by atomic mass is 9.97. The second-order valence-electron chi connectivity index (χ2n) is 4.12. The van der Waals surface area contributed by atoms with Crippen molar-refractivity contribution in [3.8, 4) is 0 Å². The highest BCUT2D eigenvalue weighted by molar-refractivity contribution is 6.30. The first-order valence-electron chi connectivity index (χ1n) is 4.28. The fraction of sp³-hybridized carbons (Fsp3) is 0.500. The van der Waals surface area contributed by atoms with Crippen molar-refractivity contribution >= 4 is 11.6 Å². The molecule has 0 amide bonds. The molecular formula is C10H15ClN2. The molecule has 1 heterocycles. The van der Waals surface area contributed by atoms with Gasteiger partial charge in [0.05, 0.1) is 0 Å². The predicted molar refractivity (Wildman–Crippen MR) is 56.0 cm³/mol. The van der Waals surface area contributed by atoms with Crippen LogP contribution < -0.4 is 5.73 Å². The van der Waals surface area contributed by atoms with Crippen LogP contribution in [-0.2, 0) is 6.42 Å². The summed E-state index contributed by atoms with van der Waals surface area (Å²) >= 11 is 5.81.